The summed E-state index contributed by atoms with van der Waals surface area (Å²) in [6.45, 7) is 4.77. The molecule has 78 heavy (non-hydrogen) atoms. The molecule has 0 saturated carbocycles. The van der Waals surface area contributed by atoms with Gasteiger partial charge >= 0.3 is 0 Å². The monoisotopic (exact) mass is 1010 g/mol. The Morgan fingerprint density at radius 3 is 1.51 bits per heavy atom. The number of hydrogen-bond acceptors (Lipinski definition) is 3. The van der Waals surface area contributed by atoms with E-state index in [1.54, 1.807) is 0 Å². The van der Waals surface area contributed by atoms with Crippen molar-refractivity contribution in [2.75, 3.05) is 9.80 Å². The van der Waals surface area contributed by atoms with Gasteiger partial charge in [-0.2, -0.15) is 0 Å². The van der Waals surface area contributed by atoms with Crippen LogP contribution in [-0.4, -0.2) is 0 Å². The minimum atomic E-state index is -0.200. The Labute approximate surface area is 457 Å². The van der Waals surface area contributed by atoms with Crippen LogP contribution in [0.15, 0.2) is 267 Å². The predicted octanol–water partition coefficient (Wildman–Crippen LogP) is 21.8. The molecule has 0 spiro atoms. The molecule has 0 unspecified atom stereocenters. The molecule has 14 aromatic rings. The molecule has 2 aliphatic rings. The average Bonchev–Trinajstić information content (AvgIpc) is 4.01. The summed E-state index contributed by atoms with van der Waals surface area (Å²) in [6.07, 6.45) is 0. The zero-order valence-electron chi connectivity index (χ0n) is 43.2. The van der Waals surface area contributed by atoms with Gasteiger partial charge in [0.15, 0.2) is 0 Å². The predicted molar refractivity (Wildman–Crippen MR) is 336 cm³/mol. The van der Waals surface area contributed by atoms with Crippen LogP contribution in [0, 0.1) is 0 Å². The van der Waals surface area contributed by atoms with E-state index in [1.807, 2.05) is 11.3 Å². The highest BCUT2D eigenvalue weighted by molar-refractivity contribution is 7.26. The van der Waals surface area contributed by atoms with Crippen molar-refractivity contribution in [3.8, 4) is 33.4 Å². The third kappa shape index (κ3) is 6.62. The summed E-state index contributed by atoms with van der Waals surface area (Å²) in [6, 6.07) is 100. The number of para-hydroxylation sites is 2. The normalized spacial score (nSPS) is 13.1. The molecular weight excluding hydrogens is 961 g/mol. The molecule has 0 atom stereocenters. The van der Waals surface area contributed by atoms with E-state index in [9.17, 15) is 0 Å². The molecule has 0 bridgehead atoms. The first-order chi connectivity index (χ1) is 38.5. The molecule has 1 aliphatic heterocycles. The Morgan fingerprint density at radius 1 is 0.295 bits per heavy atom. The number of thiophene rings is 1. The van der Waals surface area contributed by atoms with Crippen molar-refractivity contribution >= 4 is 119 Å². The van der Waals surface area contributed by atoms with E-state index in [0.29, 0.717) is 0 Å². The van der Waals surface area contributed by atoms with Crippen molar-refractivity contribution in [3.63, 3.8) is 0 Å². The smallest absolute Gasteiger partial charge is 0.0542 e. The van der Waals surface area contributed by atoms with Gasteiger partial charge in [0.05, 0.1) is 11.4 Å². The summed E-state index contributed by atoms with van der Waals surface area (Å²) in [4.78, 5) is 4.97. The van der Waals surface area contributed by atoms with Crippen molar-refractivity contribution < 1.29 is 0 Å². The second-order valence-electron chi connectivity index (χ2n) is 21.5. The van der Waals surface area contributed by atoms with E-state index < -0.39 is 0 Å². The molecule has 2 nitrogen and oxygen atoms in total. The maximum atomic E-state index is 2.52. The SMILES string of the molecule is CC1(C)c2ccccc2-c2ccc(N(c3ccc4c(c3)-c3ccccc3-c3ccccc3N4c3ccccc3)c3ccc4c(c3)c3ccccc3c3ccccc3c3ccccc3c3c4ccc4sc5ccccc5c43)cc21. The fourth-order valence-corrected chi connectivity index (χ4v) is 14.6. The number of hydrogen-bond donors (Lipinski definition) is 0. The minimum absolute atomic E-state index is 0.200. The van der Waals surface area contributed by atoms with Crippen molar-refractivity contribution in [2.45, 2.75) is 19.3 Å². The van der Waals surface area contributed by atoms with Crippen LogP contribution in [-0.2, 0) is 5.41 Å². The van der Waals surface area contributed by atoms with Gasteiger partial charge in [-0.05, 0) is 160 Å². The quantitative estimate of drug-likeness (QED) is 0.173. The molecule has 16 rings (SSSR count). The molecule has 3 heteroatoms. The van der Waals surface area contributed by atoms with Crippen LogP contribution < -0.4 is 9.80 Å². The Morgan fingerprint density at radius 2 is 0.769 bits per heavy atom. The van der Waals surface area contributed by atoms with Crippen LogP contribution in [0.25, 0.3) is 107 Å². The lowest BCUT2D eigenvalue weighted by molar-refractivity contribution is 0.660. The Kier molecular flexibility index (Phi) is 9.89. The fourth-order valence-electron chi connectivity index (χ4n) is 13.5. The van der Waals surface area contributed by atoms with Gasteiger partial charge in [0.2, 0.25) is 0 Å². The van der Waals surface area contributed by atoms with E-state index in [4.69, 9.17) is 0 Å². The molecule has 0 amide bonds. The lowest BCUT2D eigenvalue weighted by atomic mass is 9.82. The first-order valence-corrected chi connectivity index (χ1v) is 27.9. The topological polar surface area (TPSA) is 6.48 Å². The summed E-state index contributed by atoms with van der Waals surface area (Å²) in [5, 5.41) is 14.8. The number of nitrogens with zero attached hydrogens (tertiary/aromatic N) is 2. The molecule has 0 N–H and O–H groups in total. The Hall–Kier alpha value is -9.54. The maximum absolute atomic E-state index is 2.52. The zero-order chi connectivity index (χ0) is 51.6. The number of benzene rings is 12. The van der Waals surface area contributed by atoms with Gasteiger partial charge < -0.3 is 9.80 Å². The van der Waals surface area contributed by atoms with Gasteiger partial charge in [-0.15, -0.1) is 11.3 Å². The first kappa shape index (κ1) is 44.7. The minimum Gasteiger partial charge on any atom is -0.310 e. The molecule has 1 aromatic heterocycles. The van der Waals surface area contributed by atoms with Crippen molar-refractivity contribution in [1.29, 1.82) is 0 Å². The number of fused-ring (bicyclic) bond motifs is 22. The van der Waals surface area contributed by atoms with E-state index in [0.717, 1.165) is 34.1 Å². The van der Waals surface area contributed by atoms with Crippen LogP contribution in [0.5, 0.6) is 0 Å². The van der Waals surface area contributed by atoms with Crippen LogP contribution in [0.2, 0.25) is 0 Å². The summed E-state index contributed by atoms with van der Waals surface area (Å²) >= 11 is 1.88. The second kappa shape index (κ2) is 17.2. The van der Waals surface area contributed by atoms with Crippen molar-refractivity contribution in [1.82, 2.24) is 0 Å². The van der Waals surface area contributed by atoms with Crippen LogP contribution >= 0.6 is 11.3 Å². The average molecular weight is 1010 g/mol. The lowest BCUT2D eigenvalue weighted by Gasteiger charge is -2.31. The molecule has 0 fully saturated rings. The van der Waals surface area contributed by atoms with Crippen molar-refractivity contribution in [3.05, 3.63) is 278 Å². The maximum Gasteiger partial charge on any atom is 0.0542 e. The summed E-state index contributed by atoms with van der Waals surface area (Å²) in [5.41, 5.74) is 16.6. The third-order valence-electron chi connectivity index (χ3n) is 17.0. The Bertz CT molecular complexity index is 4910. The van der Waals surface area contributed by atoms with Gasteiger partial charge in [-0.1, -0.05) is 208 Å². The van der Waals surface area contributed by atoms with Crippen molar-refractivity contribution in [2.24, 2.45) is 0 Å². The number of anilines is 6. The highest BCUT2D eigenvalue weighted by atomic mass is 32.1. The van der Waals surface area contributed by atoms with Gasteiger partial charge in [-0.25, -0.2) is 0 Å². The van der Waals surface area contributed by atoms with E-state index >= 15 is 0 Å². The molecule has 1 aliphatic carbocycles. The molecular formula is C75H50N2S. The standard InChI is InChI=1S/C75H50N2S/c1-75(2)67-33-17-14-29-59(67)60-40-37-50(46-68(60)75)76(49-38-42-70-66(45-49)57-28-11-9-25-54(57)61-30-15-18-34-69(61)77(70)47-20-4-3-5-21-47)48-36-39-58-63-41-43-72-74(64-32-16-19-35-71(64)78-72)73(63)62-31-13-12-26-55(62)52-23-7-6-22-51(52)53-24-8-10-27-56(53)65(58)44-48/h3-46H,1-2H3. The first-order valence-electron chi connectivity index (χ1n) is 27.1. The lowest BCUT2D eigenvalue weighted by Crippen LogP contribution is -2.17. The summed E-state index contributed by atoms with van der Waals surface area (Å²) in [5.74, 6) is 0. The molecule has 366 valence electrons. The Balaban J connectivity index is 1.04. The molecule has 2 heterocycles. The molecule has 0 radical (unpaired) electrons. The van der Waals surface area contributed by atoms with Gasteiger partial charge in [0.1, 0.15) is 0 Å². The van der Waals surface area contributed by atoms with Crippen LogP contribution in [0.1, 0.15) is 25.0 Å². The molecule has 0 saturated heterocycles. The third-order valence-corrected chi connectivity index (χ3v) is 18.1. The summed E-state index contributed by atoms with van der Waals surface area (Å²) in [7, 11) is 0. The summed E-state index contributed by atoms with van der Waals surface area (Å²) < 4.78 is 2.59. The van der Waals surface area contributed by atoms with E-state index in [-0.39, 0.29) is 5.41 Å². The zero-order valence-corrected chi connectivity index (χ0v) is 44.0. The second-order valence-corrected chi connectivity index (χ2v) is 22.6. The molecule has 13 aromatic carbocycles. The van der Waals surface area contributed by atoms with E-state index in [1.165, 1.54) is 119 Å². The van der Waals surface area contributed by atoms with Gasteiger partial charge in [-0.3, -0.25) is 0 Å². The van der Waals surface area contributed by atoms with Crippen LogP contribution in [0.3, 0.4) is 0 Å². The largest absolute Gasteiger partial charge is 0.310 e. The highest BCUT2D eigenvalue weighted by Gasteiger charge is 2.36. The van der Waals surface area contributed by atoms with Crippen LogP contribution in [0.4, 0.5) is 34.1 Å². The van der Waals surface area contributed by atoms with E-state index in [2.05, 4.69) is 291 Å². The van der Waals surface area contributed by atoms with Gasteiger partial charge in [0, 0.05) is 59.5 Å². The highest BCUT2D eigenvalue weighted by Crippen LogP contribution is 2.55. The fraction of sp³-hybridized carbons (Fsp3) is 0.0400. The van der Waals surface area contributed by atoms with Gasteiger partial charge in [0.25, 0.3) is 0 Å². The number of rotatable bonds is 4.